The second kappa shape index (κ2) is 16.8. The smallest absolute Gasteiger partial charge is 0.315 e. The molecule has 0 bridgehead atoms. The molecule has 4 fully saturated rings. The lowest BCUT2D eigenvalue weighted by Crippen LogP contribution is -2.62. The van der Waals surface area contributed by atoms with Gasteiger partial charge in [0, 0.05) is 32.2 Å². The minimum Gasteiger partial charge on any atom is -0.346 e. The van der Waals surface area contributed by atoms with Gasteiger partial charge >= 0.3 is 6.03 Å². The number of piperidine rings is 1. The van der Waals surface area contributed by atoms with E-state index >= 15 is 0 Å². The minimum absolute atomic E-state index is 0.0644. The second-order valence-electron chi connectivity index (χ2n) is 16.8. The summed E-state index contributed by atoms with van der Waals surface area (Å²) in [6.07, 6.45) is 9.46. The van der Waals surface area contributed by atoms with E-state index in [2.05, 4.69) is 41.7 Å². The highest BCUT2D eigenvalue weighted by atomic mass is 32.2. The number of carbonyl (C=O) groups is 5. The van der Waals surface area contributed by atoms with Crippen LogP contribution in [-0.4, -0.2) is 103 Å². The zero-order chi connectivity index (χ0) is 37.7. The Kier molecular flexibility index (Phi) is 13.4. The van der Waals surface area contributed by atoms with E-state index in [4.69, 9.17) is 0 Å². The third kappa shape index (κ3) is 9.71. The highest BCUT2D eigenvalue weighted by Crippen LogP contribution is 2.65. The van der Waals surface area contributed by atoms with Crippen molar-refractivity contribution in [2.45, 2.75) is 130 Å². The van der Waals surface area contributed by atoms with Crippen LogP contribution in [0.15, 0.2) is 12.7 Å². The zero-order valence-corrected chi connectivity index (χ0v) is 32.4. The number of urea groups is 1. The van der Waals surface area contributed by atoms with Crippen LogP contribution in [0.3, 0.4) is 0 Å². The van der Waals surface area contributed by atoms with Crippen molar-refractivity contribution in [3.8, 4) is 0 Å². The monoisotopic (exact) mass is 734 g/mol. The average Bonchev–Trinajstić information content (AvgIpc) is 3.38. The molecule has 4 N–H and O–H groups in total. The number of rotatable bonds is 15. The SMILES string of the molecule is C=CCNC(=O)C(=O)C(CCCC)NC(=O)[C@@H]1C2[C@H](CN1C(=O)[C@@H](NC(=O)N[C@H](CN1CCCCS1(=O)=O)C1CCCCC1)C(C)(C)C)C2(C)C. The number of Topliss-reactive ketones (excluding diaryl/α,β-unsaturated/α-hetero) is 1. The molecule has 2 aliphatic heterocycles. The molecular weight excluding hydrogens is 673 g/mol. The fourth-order valence-electron chi connectivity index (χ4n) is 8.43. The lowest BCUT2D eigenvalue weighted by molar-refractivity contribution is -0.145. The third-order valence-corrected chi connectivity index (χ3v) is 13.6. The Morgan fingerprint density at radius 2 is 1.67 bits per heavy atom. The first-order chi connectivity index (χ1) is 23.9. The first-order valence-electron chi connectivity index (χ1n) is 19.0. The van der Waals surface area contributed by atoms with Gasteiger partial charge in [-0.15, -0.1) is 6.58 Å². The maximum Gasteiger partial charge on any atom is 0.315 e. The second-order valence-corrected chi connectivity index (χ2v) is 18.8. The van der Waals surface area contributed by atoms with Crippen LogP contribution in [0.1, 0.15) is 106 Å². The molecule has 2 heterocycles. The first kappa shape index (κ1) is 40.8. The first-order valence-corrected chi connectivity index (χ1v) is 20.6. The van der Waals surface area contributed by atoms with Gasteiger partial charge < -0.3 is 26.2 Å². The minimum atomic E-state index is -3.40. The normalized spacial score (nSPS) is 26.2. The molecule has 4 rings (SSSR count). The summed E-state index contributed by atoms with van der Waals surface area (Å²) in [5.74, 6) is -2.27. The summed E-state index contributed by atoms with van der Waals surface area (Å²) in [6.45, 7) is 16.3. The molecule has 4 aliphatic rings. The Morgan fingerprint density at radius 1 is 0.980 bits per heavy atom. The fourth-order valence-corrected chi connectivity index (χ4v) is 10.0. The van der Waals surface area contributed by atoms with E-state index in [0.29, 0.717) is 25.9 Å². The van der Waals surface area contributed by atoms with E-state index in [9.17, 15) is 32.4 Å². The predicted molar refractivity (Wildman–Crippen MR) is 196 cm³/mol. The number of hydrogen-bond donors (Lipinski definition) is 4. The Bertz CT molecular complexity index is 1420. The Hall–Kier alpha value is -3.00. The highest BCUT2D eigenvalue weighted by molar-refractivity contribution is 7.89. The van der Waals surface area contributed by atoms with Crippen LogP contribution in [0.4, 0.5) is 4.79 Å². The van der Waals surface area contributed by atoms with Crippen molar-refractivity contribution < 1.29 is 32.4 Å². The van der Waals surface area contributed by atoms with Gasteiger partial charge in [-0.2, -0.15) is 4.31 Å². The molecular formula is C37H62N6O7S. The van der Waals surface area contributed by atoms with E-state index in [1.807, 2.05) is 27.7 Å². The summed E-state index contributed by atoms with van der Waals surface area (Å²) in [5.41, 5.74) is -0.940. The average molecular weight is 735 g/mol. The van der Waals surface area contributed by atoms with Gasteiger partial charge in [0.15, 0.2) is 0 Å². The third-order valence-electron chi connectivity index (χ3n) is 11.6. The van der Waals surface area contributed by atoms with Crippen molar-refractivity contribution >= 4 is 39.6 Å². The Morgan fingerprint density at radius 3 is 2.27 bits per heavy atom. The molecule has 14 heteroatoms. The fraction of sp³-hybridized carbons (Fsp3) is 0.811. The number of carbonyl (C=O) groups excluding carboxylic acids is 5. The van der Waals surface area contributed by atoms with Gasteiger partial charge in [-0.1, -0.05) is 79.7 Å². The topological polar surface area (TPSA) is 174 Å². The predicted octanol–water partition coefficient (Wildman–Crippen LogP) is 3.10. The molecule has 2 saturated carbocycles. The van der Waals surface area contributed by atoms with Crippen molar-refractivity contribution in [2.75, 3.05) is 31.9 Å². The largest absolute Gasteiger partial charge is 0.346 e. The van der Waals surface area contributed by atoms with Gasteiger partial charge in [-0.25, -0.2) is 13.2 Å². The van der Waals surface area contributed by atoms with Gasteiger partial charge in [0.1, 0.15) is 12.1 Å². The van der Waals surface area contributed by atoms with Crippen LogP contribution < -0.4 is 21.3 Å². The number of fused-ring (bicyclic) bond motifs is 1. The molecule has 2 saturated heterocycles. The number of nitrogens with one attached hydrogen (secondary N) is 4. The van der Waals surface area contributed by atoms with Crippen LogP contribution in [0.5, 0.6) is 0 Å². The van der Waals surface area contributed by atoms with Crippen LogP contribution in [-0.2, 0) is 29.2 Å². The zero-order valence-electron chi connectivity index (χ0n) is 31.6. The maximum atomic E-state index is 14.5. The summed E-state index contributed by atoms with van der Waals surface area (Å²) in [4.78, 5) is 69.7. The molecule has 0 spiro atoms. The summed E-state index contributed by atoms with van der Waals surface area (Å²) in [6, 6.07) is -3.87. The number of hydrogen-bond acceptors (Lipinski definition) is 7. The molecule has 13 nitrogen and oxygen atoms in total. The molecule has 0 radical (unpaired) electrons. The van der Waals surface area contributed by atoms with E-state index in [-0.39, 0.29) is 48.4 Å². The van der Waals surface area contributed by atoms with E-state index in [1.165, 1.54) is 10.4 Å². The van der Waals surface area contributed by atoms with E-state index in [0.717, 1.165) is 44.9 Å². The van der Waals surface area contributed by atoms with Crippen molar-refractivity contribution in [1.29, 1.82) is 0 Å². The summed E-state index contributed by atoms with van der Waals surface area (Å²) < 4.78 is 27.3. The number of sulfonamides is 1. The molecule has 288 valence electrons. The lowest BCUT2D eigenvalue weighted by atomic mass is 9.83. The van der Waals surface area contributed by atoms with Gasteiger partial charge in [0.05, 0.1) is 11.8 Å². The van der Waals surface area contributed by atoms with Gasteiger partial charge in [-0.3, -0.25) is 19.2 Å². The standard InChI is InChI=1S/C37H62N6O7S/c1-8-10-18-26(30(44)33(46)38-19-9-2)39-32(45)29-28-25(37(28,6)7)22-43(29)34(47)31(36(3,4)5)41-35(48)40-27(24-16-12-11-13-17-24)23-42-20-14-15-21-51(42,49)50/h9,24-29,31H,2,8,10-23H2,1,3-7H3,(H,38,46)(H,39,45)(H2,40,41,48)/t25-,26?,27+,28?,29-,31+/m0/s1. The van der Waals surface area contributed by atoms with Crippen LogP contribution in [0.2, 0.25) is 0 Å². The molecule has 0 aromatic heterocycles. The van der Waals surface area contributed by atoms with Crippen LogP contribution in [0.25, 0.3) is 0 Å². The Balaban J connectivity index is 1.53. The molecule has 2 unspecified atom stereocenters. The van der Waals surface area contributed by atoms with Crippen molar-refractivity contribution in [3.05, 3.63) is 12.7 Å². The number of ketones is 1. The molecule has 0 aromatic carbocycles. The van der Waals surface area contributed by atoms with Crippen molar-refractivity contribution in [1.82, 2.24) is 30.5 Å². The summed E-state index contributed by atoms with van der Waals surface area (Å²) in [5, 5.41) is 11.3. The molecule has 51 heavy (non-hydrogen) atoms. The van der Waals surface area contributed by atoms with Crippen LogP contribution in [0, 0.1) is 28.6 Å². The van der Waals surface area contributed by atoms with Gasteiger partial charge in [0.25, 0.3) is 5.91 Å². The number of likely N-dealkylation sites (tertiary alicyclic amines) is 1. The molecule has 5 amide bonds. The quantitative estimate of drug-likeness (QED) is 0.148. The number of unbranched alkanes of at least 4 members (excludes halogenated alkanes) is 1. The molecule has 0 aromatic rings. The van der Waals surface area contributed by atoms with E-state index < -0.39 is 69.1 Å². The highest BCUT2D eigenvalue weighted by Gasteiger charge is 2.70. The molecule has 2 aliphatic carbocycles. The Labute approximate surface area is 304 Å². The van der Waals surface area contributed by atoms with Crippen molar-refractivity contribution in [3.63, 3.8) is 0 Å². The number of nitrogens with zero attached hydrogens (tertiary/aromatic N) is 2. The van der Waals surface area contributed by atoms with Crippen LogP contribution >= 0.6 is 0 Å². The van der Waals surface area contributed by atoms with Gasteiger partial charge in [0.2, 0.25) is 27.6 Å². The van der Waals surface area contributed by atoms with Gasteiger partial charge in [-0.05, 0) is 60.7 Å². The lowest BCUT2D eigenvalue weighted by Gasteiger charge is -2.39. The summed E-state index contributed by atoms with van der Waals surface area (Å²) >= 11 is 0. The summed E-state index contributed by atoms with van der Waals surface area (Å²) in [7, 11) is -3.40. The van der Waals surface area contributed by atoms with Crippen molar-refractivity contribution in [2.24, 2.45) is 28.6 Å². The number of amides is 5. The molecule has 6 atom stereocenters. The maximum absolute atomic E-state index is 14.5. The van der Waals surface area contributed by atoms with E-state index in [1.54, 1.807) is 4.90 Å².